The van der Waals surface area contributed by atoms with Crippen LogP contribution >= 0.6 is 0 Å². The van der Waals surface area contributed by atoms with E-state index in [9.17, 15) is 0 Å². The van der Waals surface area contributed by atoms with Gasteiger partial charge >= 0.3 is 0 Å². The number of aromatic amines is 1. The first kappa shape index (κ1) is 8.86. The van der Waals surface area contributed by atoms with Gasteiger partial charge in [-0.3, -0.25) is 5.10 Å². The van der Waals surface area contributed by atoms with E-state index in [-0.39, 0.29) is 0 Å². The third-order valence-corrected chi connectivity index (χ3v) is 1.79. The van der Waals surface area contributed by atoms with E-state index in [1.165, 1.54) is 0 Å². The van der Waals surface area contributed by atoms with Crippen LogP contribution in [0.1, 0.15) is 23.4 Å². The fourth-order valence-corrected chi connectivity index (χ4v) is 1.17. The fraction of sp³-hybridized carbons (Fsp3) is 0.500. The van der Waals surface area contributed by atoms with Crippen molar-refractivity contribution in [1.29, 1.82) is 0 Å². The van der Waals surface area contributed by atoms with E-state index in [0.717, 1.165) is 18.1 Å². The fourth-order valence-electron chi connectivity index (χ4n) is 1.17. The van der Waals surface area contributed by atoms with Crippen molar-refractivity contribution in [1.82, 2.24) is 25.3 Å². The molecule has 0 aliphatic carbocycles. The van der Waals surface area contributed by atoms with Gasteiger partial charge < -0.3 is 4.52 Å². The van der Waals surface area contributed by atoms with Crippen molar-refractivity contribution in [3.05, 3.63) is 23.4 Å². The molecule has 74 valence electrons. The first-order chi connectivity index (χ1) is 6.74. The van der Waals surface area contributed by atoms with Crippen LogP contribution in [0.2, 0.25) is 0 Å². The highest BCUT2D eigenvalue weighted by Crippen LogP contribution is 2.00. The van der Waals surface area contributed by atoms with Crippen LogP contribution in [0.5, 0.6) is 0 Å². The minimum absolute atomic E-state index is 0.589. The summed E-state index contributed by atoms with van der Waals surface area (Å²) in [6, 6.07) is 0. The third-order valence-electron chi connectivity index (χ3n) is 1.79. The molecule has 2 heterocycles. The molecule has 6 heteroatoms. The molecule has 0 spiro atoms. The highest BCUT2D eigenvalue weighted by Gasteiger charge is 2.05. The van der Waals surface area contributed by atoms with Gasteiger partial charge in [-0.05, 0) is 6.92 Å². The SMILES string of the molecule is Cc1nc(CCc2noc(C)n2)n[nH]1. The summed E-state index contributed by atoms with van der Waals surface area (Å²) in [6.45, 7) is 3.64. The molecule has 14 heavy (non-hydrogen) atoms. The molecule has 2 aromatic heterocycles. The molecule has 2 rings (SSSR count). The summed E-state index contributed by atoms with van der Waals surface area (Å²) in [7, 11) is 0. The first-order valence-electron chi connectivity index (χ1n) is 4.41. The first-order valence-corrected chi connectivity index (χ1v) is 4.41. The van der Waals surface area contributed by atoms with E-state index >= 15 is 0 Å². The van der Waals surface area contributed by atoms with E-state index in [2.05, 4.69) is 25.3 Å². The molecule has 0 radical (unpaired) electrons. The molecule has 0 aromatic carbocycles. The molecule has 0 saturated carbocycles. The van der Waals surface area contributed by atoms with Crippen LogP contribution in [-0.4, -0.2) is 25.3 Å². The molecular weight excluding hydrogens is 182 g/mol. The summed E-state index contributed by atoms with van der Waals surface area (Å²) in [5, 5.41) is 10.6. The normalized spacial score (nSPS) is 10.7. The van der Waals surface area contributed by atoms with Crippen molar-refractivity contribution in [2.45, 2.75) is 26.7 Å². The van der Waals surface area contributed by atoms with Crippen LogP contribution in [0.15, 0.2) is 4.52 Å². The Labute approximate surface area is 80.8 Å². The average molecular weight is 193 g/mol. The zero-order chi connectivity index (χ0) is 9.97. The van der Waals surface area contributed by atoms with Crippen molar-refractivity contribution in [2.24, 2.45) is 0 Å². The van der Waals surface area contributed by atoms with Gasteiger partial charge in [0.05, 0.1) is 0 Å². The molecule has 0 amide bonds. The van der Waals surface area contributed by atoms with Gasteiger partial charge in [0.1, 0.15) is 5.82 Å². The molecular formula is C8H11N5O. The van der Waals surface area contributed by atoms with Crippen LogP contribution < -0.4 is 0 Å². The second kappa shape index (κ2) is 3.57. The molecule has 0 saturated heterocycles. The second-order valence-electron chi connectivity index (χ2n) is 3.07. The Morgan fingerprint density at radius 3 is 2.50 bits per heavy atom. The van der Waals surface area contributed by atoms with Crippen LogP contribution in [0.3, 0.4) is 0 Å². The number of hydrogen-bond acceptors (Lipinski definition) is 5. The smallest absolute Gasteiger partial charge is 0.223 e. The topological polar surface area (TPSA) is 80.5 Å². The molecule has 6 nitrogen and oxygen atoms in total. The van der Waals surface area contributed by atoms with Gasteiger partial charge in [-0.15, -0.1) is 0 Å². The minimum Gasteiger partial charge on any atom is -0.340 e. The lowest BCUT2D eigenvalue weighted by Crippen LogP contribution is -1.95. The summed E-state index contributed by atoms with van der Waals surface area (Å²) in [6.07, 6.45) is 1.43. The van der Waals surface area contributed by atoms with Crippen molar-refractivity contribution >= 4 is 0 Å². The Hall–Kier alpha value is -1.72. The Kier molecular flexibility index (Phi) is 2.26. The van der Waals surface area contributed by atoms with Gasteiger partial charge in [0.25, 0.3) is 0 Å². The number of nitrogens with one attached hydrogen (secondary N) is 1. The van der Waals surface area contributed by atoms with Gasteiger partial charge in [0.15, 0.2) is 11.6 Å². The van der Waals surface area contributed by atoms with Crippen LogP contribution in [0, 0.1) is 13.8 Å². The van der Waals surface area contributed by atoms with Gasteiger partial charge in [-0.25, -0.2) is 4.98 Å². The highest BCUT2D eigenvalue weighted by atomic mass is 16.5. The van der Waals surface area contributed by atoms with E-state index in [1.54, 1.807) is 6.92 Å². The largest absolute Gasteiger partial charge is 0.340 e. The van der Waals surface area contributed by atoms with Crippen LogP contribution in [0.4, 0.5) is 0 Å². The number of H-pyrrole nitrogens is 1. The Balaban J connectivity index is 1.94. The van der Waals surface area contributed by atoms with Crippen molar-refractivity contribution in [2.75, 3.05) is 0 Å². The molecule has 0 atom stereocenters. The Bertz CT molecular complexity index is 379. The average Bonchev–Trinajstić information content (AvgIpc) is 2.72. The monoisotopic (exact) mass is 193 g/mol. The molecule has 1 N–H and O–H groups in total. The predicted octanol–water partition coefficient (Wildman–Crippen LogP) is 0.590. The number of aryl methyl sites for hydroxylation is 4. The predicted molar refractivity (Wildman–Crippen MR) is 47.6 cm³/mol. The van der Waals surface area contributed by atoms with E-state index in [4.69, 9.17) is 4.52 Å². The van der Waals surface area contributed by atoms with Gasteiger partial charge in [0, 0.05) is 19.8 Å². The number of hydrogen-bond donors (Lipinski definition) is 1. The van der Waals surface area contributed by atoms with E-state index in [1.807, 2.05) is 6.92 Å². The summed E-state index contributed by atoms with van der Waals surface area (Å²) in [5.74, 6) is 2.89. The zero-order valence-electron chi connectivity index (χ0n) is 8.11. The molecule has 0 aliphatic heterocycles. The van der Waals surface area contributed by atoms with Crippen molar-refractivity contribution in [3.8, 4) is 0 Å². The zero-order valence-corrected chi connectivity index (χ0v) is 8.11. The maximum atomic E-state index is 4.85. The van der Waals surface area contributed by atoms with Gasteiger partial charge in [-0.2, -0.15) is 10.1 Å². The van der Waals surface area contributed by atoms with E-state index < -0.39 is 0 Å². The lowest BCUT2D eigenvalue weighted by Gasteiger charge is -1.88. The number of aromatic nitrogens is 5. The van der Waals surface area contributed by atoms with Gasteiger partial charge in [-0.1, -0.05) is 5.16 Å². The van der Waals surface area contributed by atoms with Crippen molar-refractivity contribution in [3.63, 3.8) is 0 Å². The minimum atomic E-state index is 0.589. The van der Waals surface area contributed by atoms with E-state index in [0.29, 0.717) is 18.1 Å². The van der Waals surface area contributed by atoms with Gasteiger partial charge in [0.2, 0.25) is 5.89 Å². The lowest BCUT2D eigenvalue weighted by molar-refractivity contribution is 0.387. The molecule has 0 aliphatic rings. The molecule has 0 fully saturated rings. The second-order valence-corrected chi connectivity index (χ2v) is 3.07. The number of nitrogens with zero attached hydrogens (tertiary/aromatic N) is 4. The Morgan fingerprint density at radius 1 is 1.14 bits per heavy atom. The van der Waals surface area contributed by atoms with Crippen molar-refractivity contribution < 1.29 is 4.52 Å². The highest BCUT2D eigenvalue weighted by molar-refractivity contribution is 4.92. The molecule has 2 aromatic rings. The number of rotatable bonds is 3. The standard InChI is InChI=1S/C8H11N5O/c1-5-9-7(12-11-5)3-4-8-10-6(2)14-13-8/h3-4H2,1-2H3,(H,9,11,12). The maximum absolute atomic E-state index is 4.85. The maximum Gasteiger partial charge on any atom is 0.223 e. The Morgan fingerprint density at radius 2 is 1.93 bits per heavy atom. The quantitative estimate of drug-likeness (QED) is 0.771. The van der Waals surface area contributed by atoms with Crippen LogP contribution in [0.25, 0.3) is 0 Å². The summed E-state index contributed by atoms with van der Waals surface area (Å²) in [4.78, 5) is 8.27. The van der Waals surface area contributed by atoms with Crippen LogP contribution in [-0.2, 0) is 12.8 Å². The summed E-state index contributed by atoms with van der Waals surface area (Å²) >= 11 is 0. The third kappa shape index (κ3) is 1.95. The summed E-state index contributed by atoms with van der Waals surface area (Å²) in [5.41, 5.74) is 0. The summed E-state index contributed by atoms with van der Waals surface area (Å²) < 4.78 is 4.85. The lowest BCUT2D eigenvalue weighted by atomic mass is 10.3. The molecule has 0 unspecified atom stereocenters. The molecule has 0 bridgehead atoms.